The molecule has 31 heavy (non-hydrogen) atoms. The summed E-state index contributed by atoms with van der Waals surface area (Å²) in [6.45, 7) is 5.55. The zero-order chi connectivity index (χ0) is 22.3. The Morgan fingerprint density at radius 1 is 1.26 bits per heavy atom. The van der Waals surface area contributed by atoms with Crippen molar-refractivity contribution in [2.75, 3.05) is 11.4 Å². The summed E-state index contributed by atoms with van der Waals surface area (Å²) < 4.78 is 15.2. The summed E-state index contributed by atoms with van der Waals surface area (Å²) in [6.07, 6.45) is 4.90. The van der Waals surface area contributed by atoms with Crippen molar-refractivity contribution in [1.29, 1.82) is 0 Å². The largest absolute Gasteiger partial charge is 0.349 e. The molecule has 2 amide bonds. The predicted octanol–water partition coefficient (Wildman–Crippen LogP) is 4.87. The van der Waals surface area contributed by atoms with E-state index < -0.39 is 11.6 Å². The Bertz CT molecular complexity index is 1030. The molecule has 1 unspecified atom stereocenters. The Kier molecular flexibility index (Phi) is 5.77. The zero-order valence-corrected chi connectivity index (χ0v) is 18.8. The third kappa shape index (κ3) is 4.18. The molecule has 2 aromatic rings. The van der Waals surface area contributed by atoms with Gasteiger partial charge in [0.2, 0.25) is 5.67 Å². The van der Waals surface area contributed by atoms with Crippen LogP contribution in [-0.4, -0.2) is 29.4 Å². The van der Waals surface area contributed by atoms with Crippen molar-refractivity contribution in [3.8, 4) is 0 Å². The van der Waals surface area contributed by atoms with E-state index in [1.165, 1.54) is 13.1 Å². The smallest absolute Gasteiger partial charge is 0.269 e. The van der Waals surface area contributed by atoms with E-state index in [-0.39, 0.29) is 17.9 Å². The minimum absolute atomic E-state index is 0.0674. The lowest BCUT2D eigenvalue weighted by Gasteiger charge is -2.32. The number of aromatic nitrogens is 1. The van der Waals surface area contributed by atoms with E-state index in [0.717, 1.165) is 31.2 Å². The van der Waals surface area contributed by atoms with Gasteiger partial charge in [-0.3, -0.25) is 14.6 Å². The van der Waals surface area contributed by atoms with E-state index in [4.69, 9.17) is 11.6 Å². The fourth-order valence-corrected chi connectivity index (χ4v) is 4.83. The standard InChI is InChI=1S/C24H27ClFN3O2/c1-14-4-9-21-20(10-14)24(3,26)23(31)29(21)13-16-5-7-18(8-6-16)28-22(30)19-11-17(25)12-27-15(19)2/h4,9-12,16,18H,5-8,13H2,1-3H3,(H,28,30). The van der Waals surface area contributed by atoms with Crippen molar-refractivity contribution < 1.29 is 14.0 Å². The highest BCUT2D eigenvalue weighted by Gasteiger charge is 2.48. The van der Waals surface area contributed by atoms with Gasteiger partial charge in [0.05, 0.1) is 22.0 Å². The first-order chi connectivity index (χ1) is 14.7. The molecular formula is C24H27ClFN3O2. The molecule has 4 rings (SSSR count). The maximum Gasteiger partial charge on any atom is 0.269 e. The van der Waals surface area contributed by atoms with Gasteiger partial charge in [0, 0.05) is 24.3 Å². The molecule has 1 aliphatic carbocycles. The summed E-state index contributed by atoms with van der Waals surface area (Å²) in [5, 5.41) is 3.52. The molecule has 1 saturated carbocycles. The summed E-state index contributed by atoms with van der Waals surface area (Å²) in [5.41, 5.74) is 1.25. The molecule has 1 aromatic heterocycles. The minimum atomic E-state index is -1.98. The second-order valence-corrected chi connectivity index (χ2v) is 9.35. The van der Waals surface area contributed by atoms with Crippen LogP contribution in [0.2, 0.25) is 5.02 Å². The topological polar surface area (TPSA) is 62.3 Å². The van der Waals surface area contributed by atoms with E-state index in [1.807, 2.05) is 19.1 Å². The molecule has 0 saturated heterocycles. The summed E-state index contributed by atoms with van der Waals surface area (Å²) in [7, 11) is 0. The van der Waals surface area contributed by atoms with Crippen LogP contribution in [0, 0.1) is 19.8 Å². The third-order valence-electron chi connectivity index (χ3n) is 6.52. The SMILES string of the molecule is Cc1ccc2c(c1)C(C)(F)C(=O)N2CC1CCC(NC(=O)c2cc(Cl)cnc2C)CC1. The zero-order valence-electron chi connectivity index (χ0n) is 18.0. The van der Waals surface area contributed by atoms with E-state index in [2.05, 4.69) is 10.3 Å². The van der Waals surface area contributed by atoms with Gasteiger partial charge in [-0.1, -0.05) is 29.3 Å². The van der Waals surface area contributed by atoms with Crippen molar-refractivity contribution in [1.82, 2.24) is 10.3 Å². The number of rotatable bonds is 4. The number of aryl methyl sites for hydroxylation is 2. The second kappa shape index (κ2) is 8.23. The highest BCUT2D eigenvalue weighted by molar-refractivity contribution is 6.30. The van der Waals surface area contributed by atoms with Crippen LogP contribution in [0.3, 0.4) is 0 Å². The third-order valence-corrected chi connectivity index (χ3v) is 6.72. The highest BCUT2D eigenvalue weighted by Crippen LogP contribution is 2.44. The van der Waals surface area contributed by atoms with Crippen LogP contribution >= 0.6 is 11.6 Å². The monoisotopic (exact) mass is 443 g/mol. The van der Waals surface area contributed by atoms with Crippen LogP contribution in [0.1, 0.15) is 59.8 Å². The molecule has 164 valence electrons. The van der Waals surface area contributed by atoms with Crippen molar-refractivity contribution in [2.24, 2.45) is 5.92 Å². The molecule has 0 spiro atoms. The lowest BCUT2D eigenvalue weighted by atomic mass is 9.85. The average Bonchev–Trinajstić information content (AvgIpc) is 2.91. The van der Waals surface area contributed by atoms with Gasteiger partial charge in [-0.25, -0.2) is 4.39 Å². The Hall–Kier alpha value is -2.47. The van der Waals surface area contributed by atoms with E-state index in [1.54, 1.807) is 24.0 Å². The number of carbonyl (C=O) groups excluding carboxylic acids is 2. The molecule has 5 nitrogen and oxygen atoms in total. The molecule has 0 bridgehead atoms. The minimum Gasteiger partial charge on any atom is -0.349 e. The molecule has 1 N–H and O–H groups in total. The number of amides is 2. The van der Waals surface area contributed by atoms with Gasteiger partial charge in [0.15, 0.2) is 0 Å². The first-order valence-electron chi connectivity index (χ1n) is 10.7. The highest BCUT2D eigenvalue weighted by atomic mass is 35.5. The fourth-order valence-electron chi connectivity index (χ4n) is 4.67. The second-order valence-electron chi connectivity index (χ2n) is 8.92. The summed E-state index contributed by atoms with van der Waals surface area (Å²) >= 11 is 5.98. The van der Waals surface area contributed by atoms with Gasteiger partial charge in [0.25, 0.3) is 11.8 Å². The first-order valence-corrected chi connectivity index (χ1v) is 11.1. The van der Waals surface area contributed by atoms with Crippen molar-refractivity contribution in [3.63, 3.8) is 0 Å². The Balaban J connectivity index is 1.37. The van der Waals surface area contributed by atoms with Crippen LogP contribution in [0.15, 0.2) is 30.5 Å². The molecule has 1 aromatic carbocycles. The summed E-state index contributed by atoms with van der Waals surface area (Å²) in [5.74, 6) is -0.370. The van der Waals surface area contributed by atoms with E-state index in [9.17, 15) is 9.59 Å². The lowest BCUT2D eigenvalue weighted by Crippen LogP contribution is -2.42. The van der Waals surface area contributed by atoms with Crippen LogP contribution < -0.4 is 10.2 Å². The Morgan fingerprint density at radius 3 is 2.68 bits per heavy atom. The van der Waals surface area contributed by atoms with Gasteiger partial charge >= 0.3 is 0 Å². The molecule has 0 radical (unpaired) electrons. The number of pyridine rings is 1. The van der Waals surface area contributed by atoms with E-state index >= 15 is 4.39 Å². The number of carbonyl (C=O) groups is 2. The van der Waals surface area contributed by atoms with Crippen molar-refractivity contribution >= 4 is 29.1 Å². The van der Waals surface area contributed by atoms with Gasteiger partial charge < -0.3 is 10.2 Å². The fraction of sp³-hybridized carbons (Fsp3) is 0.458. The van der Waals surface area contributed by atoms with Crippen LogP contribution in [0.25, 0.3) is 0 Å². The molecule has 7 heteroatoms. The number of alkyl halides is 1. The summed E-state index contributed by atoms with van der Waals surface area (Å²) in [6, 6.07) is 7.24. The molecule has 2 heterocycles. The Morgan fingerprint density at radius 2 is 1.97 bits per heavy atom. The number of halogens is 2. The van der Waals surface area contributed by atoms with Gasteiger partial charge in [-0.15, -0.1) is 0 Å². The number of nitrogens with zero attached hydrogens (tertiary/aromatic N) is 2. The average molecular weight is 444 g/mol. The quantitative estimate of drug-likeness (QED) is 0.733. The summed E-state index contributed by atoms with van der Waals surface area (Å²) in [4.78, 5) is 31.1. The number of benzene rings is 1. The van der Waals surface area contributed by atoms with Gasteiger partial charge in [0.1, 0.15) is 0 Å². The van der Waals surface area contributed by atoms with Crippen LogP contribution in [-0.2, 0) is 10.5 Å². The number of hydrogen-bond acceptors (Lipinski definition) is 3. The van der Waals surface area contributed by atoms with Crippen molar-refractivity contribution in [3.05, 3.63) is 57.9 Å². The number of hydrogen-bond donors (Lipinski definition) is 1. The van der Waals surface area contributed by atoms with E-state index in [0.29, 0.717) is 34.1 Å². The molecule has 1 fully saturated rings. The Labute approximate surface area is 187 Å². The molecule has 1 atom stereocenters. The number of anilines is 1. The maximum atomic E-state index is 15.2. The first kappa shape index (κ1) is 21.8. The predicted molar refractivity (Wildman–Crippen MR) is 119 cm³/mol. The van der Waals surface area contributed by atoms with Crippen molar-refractivity contribution in [2.45, 2.75) is 58.2 Å². The number of nitrogens with one attached hydrogen (secondary N) is 1. The van der Waals surface area contributed by atoms with Crippen LogP contribution in [0.5, 0.6) is 0 Å². The normalized spacial score (nSPS) is 25.5. The van der Waals surface area contributed by atoms with Gasteiger partial charge in [-0.05, 0) is 64.5 Å². The number of fused-ring (bicyclic) bond motifs is 1. The van der Waals surface area contributed by atoms with Gasteiger partial charge in [-0.2, -0.15) is 0 Å². The maximum absolute atomic E-state index is 15.2. The molecular weight excluding hydrogens is 417 g/mol. The molecule has 1 aliphatic heterocycles. The van der Waals surface area contributed by atoms with Crippen LogP contribution in [0.4, 0.5) is 10.1 Å². The lowest BCUT2D eigenvalue weighted by molar-refractivity contribution is -0.128. The molecule has 2 aliphatic rings.